The van der Waals surface area contributed by atoms with Crippen molar-refractivity contribution in [3.8, 4) is 0 Å². The monoisotopic (exact) mass is 584 g/mol. The average molecular weight is 584 g/mol. The van der Waals surface area contributed by atoms with Crippen molar-refractivity contribution >= 4 is 27.4 Å². The SMILES string of the molecule is COCCS(=O)(=O)c1ccc2c(c1)CNC2(C(=O)Nc1ccc(C(O)(C(F)(F)F)C(F)(F)F)cc1)C(=O)OC. The third-order valence-corrected chi connectivity index (χ3v) is 7.83. The van der Waals surface area contributed by atoms with Gasteiger partial charge in [-0.3, -0.25) is 10.1 Å². The number of aliphatic hydroxyl groups is 1. The van der Waals surface area contributed by atoms with Gasteiger partial charge in [0.1, 0.15) is 0 Å². The molecule has 0 fully saturated rings. The number of hydrogen-bond acceptors (Lipinski definition) is 8. The lowest BCUT2D eigenvalue weighted by atomic mass is 9.89. The highest BCUT2D eigenvalue weighted by atomic mass is 32.2. The van der Waals surface area contributed by atoms with Crippen molar-refractivity contribution in [3.63, 3.8) is 0 Å². The lowest BCUT2D eigenvalue weighted by molar-refractivity contribution is -0.376. The summed E-state index contributed by atoms with van der Waals surface area (Å²) >= 11 is 0. The van der Waals surface area contributed by atoms with Crippen LogP contribution < -0.4 is 10.6 Å². The second kappa shape index (κ2) is 10.4. The van der Waals surface area contributed by atoms with Crippen LogP contribution in [0.25, 0.3) is 0 Å². The molecule has 1 heterocycles. The van der Waals surface area contributed by atoms with E-state index in [1.165, 1.54) is 25.3 Å². The highest BCUT2D eigenvalue weighted by Crippen LogP contribution is 2.50. The molecule has 0 aliphatic carbocycles. The number of halogens is 6. The van der Waals surface area contributed by atoms with E-state index in [1.807, 2.05) is 0 Å². The van der Waals surface area contributed by atoms with E-state index in [0.717, 1.165) is 7.11 Å². The lowest BCUT2D eigenvalue weighted by Crippen LogP contribution is -2.55. The quantitative estimate of drug-likeness (QED) is 0.245. The first-order valence-electron chi connectivity index (χ1n) is 10.9. The zero-order chi connectivity index (χ0) is 29.4. The summed E-state index contributed by atoms with van der Waals surface area (Å²) in [6, 6.07) is 5.68. The first-order valence-corrected chi connectivity index (χ1v) is 12.6. The molecule has 1 atom stereocenters. The van der Waals surface area contributed by atoms with Crippen LogP contribution in [-0.2, 0) is 46.6 Å². The predicted molar refractivity (Wildman–Crippen MR) is 122 cm³/mol. The van der Waals surface area contributed by atoms with Gasteiger partial charge in [0.15, 0.2) is 9.84 Å². The number of nitrogens with one attached hydrogen (secondary N) is 2. The number of benzene rings is 2. The molecule has 0 saturated heterocycles. The molecule has 1 unspecified atom stereocenters. The Morgan fingerprint density at radius 2 is 1.62 bits per heavy atom. The van der Waals surface area contributed by atoms with Gasteiger partial charge in [-0.1, -0.05) is 18.2 Å². The molecule has 1 aliphatic heterocycles. The average Bonchev–Trinajstić information content (AvgIpc) is 3.25. The van der Waals surface area contributed by atoms with E-state index in [9.17, 15) is 49.5 Å². The van der Waals surface area contributed by atoms with E-state index in [4.69, 9.17) is 9.47 Å². The van der Waals surface area contributed by atoms with Gasteiger partial charge in [0.25, 0.3) is 11.5 Å². The van der Waals surface area contributed by atoms with Crippen LogP contribution in [0.1, 0.15) is 16.7 Å². The number of esters is 1. The number of carbonyl (C=O) groups is 2. The second-order valence-corrected chi connectivity index (χ2v) is 10.6. The molecular formula is C23H22F6N2O7S. The second-order valence-electron chi connectivity index (χ2n) is 8.46. The number of hydrogen-bond donors (Lipinski definition) is 3. The van der Waals surface area contributed by atoms with Crippen LogP contribution >= 0.6 is 0 Å². The number of methoxy groups -OCH3 is 2. The minimum Gasteiger partial charge on any atom is -0.467 e. The number of fused-ring (bicyclic) bond motifs is 1. The molecule has 0 bridgehead atoms. The zero-order valence-electron chi connectivity index (χ0n) is 20.2. The van der Waals surface area contributed by atoms with E-state index in [1.54, 1.807) is 0 Å². The van der Waals surface area contributed by atoms with Crippen molar-refractivity contribution in [1.29, 1.82) is 0 Å². The number of anilines is 1. The summed E-state index contributed by atoms with van der Waals surface area (Å²) in [5.74, 6) is -2.56. The molecular weight excluding hydrogens is 562 g/mol. The molecule has 0 spiro atoms. The summed E-state index contributed by atoms with van der Waals surface area (Å²) in [4.78, 5) is 26.0. The molecule has 0 radical (unpaired) electrons. The Labute approximate surface area is 218 Å². The number of rotatable bonds is 8. The number of carbonyl (C=O) groups excluding carboxylic acids is 2. The third kappa shape index (κ3) is 5.20. The predicted octanol–water partition coefficient (Wildman–Crippen LogP) is 2.53. The number of ether oxygens (including phenoxy) is 2. The Balaban J connectivity index is 1.97. The first kappa shape index (κ1) is 30.3. The molecule has 3 N–H and O–H groups in total. The van der Waals surface area contributed by atoms with Crippen LogP contribution in [0.2, 0.25) is 0 Å². The van der Waals surface area contributed by atoms with E-state index in [0.29, 0.717) is 24.3 Å². The molecule has 1 amide bonds. The fourth-order valence-electron chi connectivity index (χ4n) is 4.05. The molecule has 9 nitrogen and oxygen atoms in total. The van der Waals surface area contributed by atoms with E-state index >= 15 is 0 Å². The van der Waals surface area contributed by atoms with Gasteiger partial charge in [-0.15, -0.1) is 0 Å². The Morgan fingerprint density at radius 3 is 2.13 bits per heavy atom. The molecule has 214 valence electrons. The molecule has 2 aromatic carbocycles. The van der Waals surface area contributed by atoms with Gasteiger partial charge >= 0.3 is 18.3 Å². The normalized spacial score (nSPS) is 18.0. The van der Waals surface area contributed by atoms with Crippen molar-refractivity contribution in [1.82, 2.24) is 5.32 Å². The van der Waals surface area contributed by atoms with Crippen molar-refractivity contribution in [2.45, 2.75) is 34.9 Å². The minimum absolute atomic E-state index is 0.0256. The van der Waals surface area contributed by atoms with E-state index in [2.05, 4.69) is 10.6 Å². The molecule has 3 rings (SSSR count). The Hall–Kier alpha value is -3.21. The van der Waals surface area contributed by atoms with E-state index < -0.39 is 50.8 Å². The summed E-state index contributed by atoms with van der Waals surface area (Å²) < 4.78 is 113. The van der Waals surface area contributed by atoms with Crippen molar-refractivity contribution < 1.29 is 58.9 Å². The summed E-state index contributed by atoms with van der Waals surface area (Å²) in [5, 5.41) is 14.4. The van der Waals surface area contributed by atoms with Gasteiger partial charge in [-0.05, 0) is 35.4 Å². The van der Waals surface area contributed by atoms with Gasteiger partial charge in [-0.25, -0.2) is 13.2 Å². The fraction of sp³-hybridized carbons (Fsp3) is 0.391. The number of sulfone groups is 1. The highest BCUT2D eigenvalue weighted by Gasteiger charge is 2.71. The maximum Gasteiger partial charge on any atom is 0.430 e. The van der Waals surface area contributed by atoms with Crippen molar-refractivity contribution in [3.05, 3.63) is 59.2 Å². The number of amides is 1. The van der Waals surface area contributed by atoms with Crippen LogP contribution in [0.3, 0.4) is 0 Å². The van der Waals surface area contributed by atoms with Crippen molar-refractivity contribution in [2.75, 3.05) is 31.9 Å². The lowest BCUT2D eigenvalue weighted by Gasteiger charge is -2.32. The molecule has 39 heavy (non-hydrogen) atoms. The Morgan fingerprint density at radius 1 is 1.03 bits per heavy atom. The van der Waals surface area contributed by atoms with Crippen LogP contribution in [-0.4, -0.2) is 64.3 Å². The molecule has 16 heteroatoms. The van der Waals surface area contributed by atoms with Crippen LogP contribution in [0, 0.1) is 0 Å². The van der Waals surface area contributed by atoms with Gasteiger partial charge in [-0.2, -0.15) is 26.3 Å². The maximum absolute atomic E-state index is 13.3. The van der Waals surface area contributed by atoms with Crippen molar-refractivity contribution in [2.24, 2.45) is 0 Å². The summed E-state index contributed by atoms with van der Waals surface area (Å²) in [5.41, 5.74) is -8.97. The number of alkyl halides is 6. The fourth-order valence-corrected chi connectivity index (χ4v) is 5.27. The Kier molecular flexibility index (Phi) is 8.09. The molecule has 1 aliphatic rings. The smallest absolute Gasteiger partial charge is 0.430 e. The molecule has 0 saturated carbocycles. The standard InChI is InChI=1S/C23H22F6N2O7S/c1-37-9-10-39(35,36)16-7-8-17-13(11-16)12-30-20(17,19(33)38-2)18(32)31-15-5-3-14(4-6-15)21(34,22(24,25)26)23(27,28)29/h3-8,11,30,34H,9-10,12H2,1-2H3,(H,31,32). The largest absolute Gasteiger partial charge is 0.467 e. The molecule has 2 aromatic rings. The van der Waals surface area contributed by atoms with Gasteiger partial charge in [0.05, 0.1) is 24.4 Å². The third-order valence-electron chi connectivity index (χ3n) is 6.15. The minimum atomic E-state index is -6.10. The van der Waals surface area contributed by atoms with Crippen LogP contribution in [0.4, 0.5) is 32.0 Å². The van der Waals surface area contributed by atoms with Gasteiger partial charge in [0.2, 0.25) is 5.54 Å². The topological polar surface area (TPSA) is 131 Å². The van der Waals surface area contributed by atoms with Crippen LogP contribution in [0.5, 0.6) is 0 Å². The molecule has 0 aromatic heterocycles. The van der Waals surface area contributed by atoms with Crippen LogP contribution in [0.15, 0.2) is 47.4 Å². The Bertz CT molecular complexity index is 1350. The maximum atomic E-state index is 13.3. The van der Waals surface area contributed by atoms with E-state index in [-0.39, 0.29) is 40.6 Å². The van der Waals surface area contributed by atoms with Gasteiger partial charge in [0, 0.05) is 24.9 Å². The summed E-state index contributed by atoms with van der Waals surface area (Å²) in [6.07, 6.45) is -12.2. The van der Waals surface area contributed by atoms with Gasteiger partial charge < -0.3 is 19.9 Å². The summed E-state index contributed by atoms with van der Waals surface area (Å²) in [7, 11) is -1.46. The zero-order valence-corrected chi connectivity index (χ0v) is 21.1. The summed E-state index contributed by atoms with van der Waals surface area (Å²) in [6.45, 7) is -0.233. The highest BCUT2D eigenvalue weighted by molar-refractivity contribution is 7.91. The first-order chi connectivity index (χ1) is 18.0.